The van der Waals surface area contributed by atoms with Gasteiger partial charge in [0, 0.05) is 33.1 Å². The highest BCUT2D eigenvalue weighted by Gasteiger charge is 2.41. The topological polar surface area (TPSA) is 105 Å². The van der Waals surface area contributed by atoms with Crippen LogP contribution in [0.25, 0.3) is 22.8 Å². The number of aliphatic carboxylic acids is 1. The van der Waals surface area contributed by atoms with Crippen LogP contribution in [0.3, 0.4) is 0 Å². The van der Waals surface area contributed by atoms with Crippen LogP contribution < -0.4 is 5.73 Å². The van der Waals surface area contributed by atoms with Crippen molar-refractivity contribution in [2.75, 3.05) is 13.1 Å². The van der Waals surface area contributed by atoms with Crippen LogP contribution in [0.5, 0.6) is 0 Å². The molecule has 1 aliphatic heterocycles. The van der Waals surface area contributed by atoms with Crippen LogP contribution in [-0.4, -0.2) is 44.7 Å². The van der Waals surface area contributed by atoms with Gasteiger partial charge in [0.25, 0.3) is 5.89 Å². The van der Waals surface area contributed by atoms with Gasteiger partial charge >= 0.3 is 5.97 Å². The lowest BCUT2D eigenvalue weighted by atomic mass is 9.75. The van der Waals surface area contributed by atoms with Gasteiger partial charge in [-0.2, -0.15) is 4.98 Å². The molecule has 9 heteroatoms. The molecule has 2 aromatic heterocycles. The molecule has 0 spiro atoms. The summed E-state index contributed by atoms with van der Waals surface area (Å²) in [6.07, 6.45) is 2.86. The van der Waals surface area contributed by atoms with Gasteiger partial charge in [-0.25, -0.2) is 0 Å². The van der Waals surface area contributed by atoms with Crippen molar-refractivity contribution in [2.24, 2.45) is 17.1 Å². The smallest absolute Gasteiger partial charge is 0.310 e. The van der Waals surface area contributed by atoms with E-state index in [0.717, 1.165) is 47.6 Å². The Balaban J connectivity index is 0.000000782. The summed E-state index contributed by atoms with van der Waals surface area (Å²) in [6, 6.07) is 18.1. The van der Waals surface area contributed by atoms with Crippen molar-refractivity contribution in [1.29, 1.82) is 0 Å². The average molecular weight is 623 g/mol. The first-order valence-corrected chi connectivity index (χ1v) is 16.1. The van der Waals surface area contributed by atoms with Gasteiger partial charge in [-0.3, -0.25) is 9.69 Å². The van der Waals surface area contributed by atoms with E-state index in [1.807, 2.05) is 68.6 Å². The first-order chi connectivity index (χ1) is 20.3. The van der Waals surface area contributed by atoms with E-state index in [1.54, 1.807) is 11.3 Å². The summed E-state index contributed by atoms with van der Waals surface area (Å²) in [5, 5.41) is 16.9. The number of carboxylic acid groups (broad SMARTS) is 1. The highest BCUT2D eigenvalue weighted by molar-refractivity contribution is 7.09. The highest BCUT2D eigenvalue weighted by Crippen LogP contribution is 2.37. The SMILES string of the molecule is CC(C)(C)N.CC(C)Cc1ccc(-c2nc(-c3ccc(CN4CCC(Cc5cccs5)(C(=O)O)CC4)cc3)no2)cc1Cl. The summed E-state index contributed by atoms with van der Waals surface area (Å²) in [4.78, 5) is 20.2. The molecule has 230 valence electrons. The maximum absolute atomic E-state index is 12.2. The van der Waals surface area contributed by atoms with Gasteiger partial charge < -0.3 is 15.4 Å². The molecule has 0 aliphatic carbocycles. The number of hydrogen-bond acceptors (Lipinski definition) is 7. The molecule has 5 rings (SSSR count). The molecule has 7 nitrogen and oxygen atoms in total. The molecule has 1 aliphatic rings. The maximum Gasteiger partial charge on any atom is 0.310 e. The number of piperidine rings is 1. The molecule has 0 saturated carbocycles. The van der Waals surface area contributed by atoms with Crippen molar-refractivity contribution in [3.63, 3.8) is 0 Å². The number of hydrogen-bond donors (Lipinski definition) is 2. The minimum atomic E-state index is -0.678. The molecule has 0 atom stereocenters. The van der Waals surface area contributed by atoms with Crippen LogP contribution in [0.2, 0.25) is 5.02 Å². The van der Waals surface area contributed by atoms with Crippen LogP contribution in [-0.2, 0) is 24.2 Å². The second kappa shape index (κ2) is 14.2. The molecule has 0 radical (unpaired) electrons. The van der Waals surface area contributed by atoms with Gasteiger partial charge in [-0.1, -0.05) is 67.0 Å². The van der Waals surface area contributed by atoms with E-state index in [2.05, 4.69) is 41.0 Å². The summed E-state index contributed by atoms with van der Waals surface area (Å²) < 4.78 is 5.53. The molecule has 1 fully saturated rings. The van der Waals surface area contributed by atoms with Crippen LogP contribution in [0.4, 0.5) is 0 Å². The number of nitrogens with zero attached hydrogens (tertiary/aromatic N) is 3. The fraction of sp³-hybridized carbons (Fsp3) is 0.441. The Morgan fingerprint density at radius 1 is 1.12 bits per heavy atom. The van der Waals surface area contributed by atoms with Crippen molar-refractivity contribution in [3.8, 4) is 22.8 Å². The second-order valence-electron chi connectivity index (χ2n) is 13.0. The summed E-state index contributed by atoms with van der Waals surface area (Å²) in [5.74, 6) is 0.829. The van der Waals surface area contributed by atoms with E-state index < -0.39 is 11.4 Å². The van der Waals surface area contributed by atoms with E-state index in [1.165, 1.54) is 5.56 Å². The Morgan fingerprint density at radius 3 is 2.33 bits per heavy atom. The molecule has 0 amide bonds. The summed E-state index contributed by atoms with van der Waals surface area (Å²) >= 11 is 8.12. The predicted octanol–water partition coefficient (Wildman–Crippen LogP) is 7.97. The van der Waals surface area contributed by atoms with Crippen molar-refractivity contribution in [1.82, 2.24) is 15.0 Å². The normalized spacial score (nSPS) is 15.3. The molecule has 43 heavy (non-hydrogen) atoms. The quantitative estimate of drug-likeness (QED) is 0.195. The minimum Gasteiger partial charge on any atom is -0.481 e. The number of benzene rings is 2. The van der Waals surface area contributed by atoms with Crippen LogP contribution in [0.1, 0.15) is 63.5 Å². The Kier molecular flexibility index (Phi) is 10.8. The van der Waals surface area contributed by atoms with E-state index in [0.29, 0.717) is 41.9 Å². The molecule has 2 aromatic carbocycles. The van der Waals surface area contributed by atoms with E-state index in [4.69, 9.17) is 21.9 Å². The number of nitrogens with two attached hydrogens (primary N) is 1. The standard InChI is InChI=1S/C30H32ClN3O3S.C4H11N/c1-20(2)16-23-9-10-24(17-26(23)31)28-32-27(33-37-28)22-7-5-21(6-8-22)19-34-13-11-30(12-14-34,29(35)36)18-25-4-3-15-38-25;1-4(2,3)5/h3-10,15,17,20H,11-14,16,18-19H2,1-2H3,(H,35,36);5H2,1-3H3. The highest BCUT2D eigenvalue weighted by atomic mass is 35.5. The second-order valence-corrected chi connectivity index (χ2v) is 14.4. The Bertz CT molecular complexity index is 1460. The number of likely N-dealkylation sites (tertiary alicyclic amines) is 1. The third-order valence-electron chi connectivity index (χ3n) is 7.33. The molecular weight excluding hydrogens is 580 g/mol. The Morgan fingerprint density at radius 2 is 1.77 bits per heavy atom. The van der Waals surface area contributed by atoms with E-state index >= 15 is 0 Å². The van der Waals surface area contributed by atoms with Crippen molar-refractivity contribution in [2.45, 2.75) is 72.4 Å². The Labute approximate surface area is 264 Å². The monoisotopic (exact) mass is 622 g/mol. The van der Waals surface area contributed by atoms with E-state index in [-0.39, 0.29) is 5.54 Å². The predicted molar refractivity (Wildman–Crippen MR) is 175 cm³/mol. The van der Waals surface area contributed by atoms with Gasteiger partial charge in [-0.15, -0.1) is 11.3 Å². The van der Waals surface area contributed by atoms with Gasteiger partial charge in [0.2, 0.25) is 5.82 Å². The molecule has 3 N–H and O–H groups in total. The summed E-state index contributed by atoms with van der Waals surface area (Å²) in [6.45, 7) is 12.6. The number of aromatic nitrogens is 2. The third-order valence-corrected chi connectivity index (χ3v) is 8.56. The largest absolute Gasteiger partial charge is 0.481 e. The lowest BCUT2D eigenvalue weighted by molar-refractivity contribution is -0.152. The molecule has 0 bridgehead atoms. The van der Waals surface area contributed by atoms with Crippen LogP contribution in [0.15, 0.2) is 64.5 Å². The van der Waals surface area contributed by atoms with Crippen molar-refractivity contribution >= 4 is 28.9 Å². The average Bonchev–Trinajstić information content (AvgIpc) is 3.63. The van der Waals surface area contributed by atoms with Crippen molar-refractivity contribution in [3.05, 3.63) is 81.0 Å². The van der Waals surface area contributed by atoms with Crippen LogP contribution in [0, 0.1) is 11.3 Å². The number of halogens is 1. The van der Waals surface area contributed by atoms with Gasteiger partial charge in [0.05, 0.1) is 5.41 Å². The minimum absolute atomic E-state index is 0. The molecular formula is C34H43ClN4O3S. The maximum atomic E-state index is 12.2. The number of thiophene rings is 1. The van der Waals surface area contributed by atoms with Crippen LogP contribution >= 0.6 is 22.9 Å². The van der Waals surface area contributed by atoms with E-state index in [9.17, 15) is 9.90 Å². The molecule has 1 saturated heterocycles. The summed E-state index contributed by atoms with van der Waals surface area (Å²) in [5.41, 5.74) is 8.66. The number of carbonyl (C=O) groups is 1. The van der Waals surface area contributed by atoms with Gasteiger partial charge in [0.1, 0.15) is 0 Å². The molecule has 4 aromatic rings. The van der Waals surface area contributed by atoms with Gasteiger partial charge in [-0.05, 0) is 100 Å². The van der Waals surface area contributed by atoms with Gasteiger partial charge in [0.15, 0.2) is 0 Å². The summed E-state index contributed by atoms with van der Waals surface area (Å²) in [7, 11) is 0. The zero-order chi connectivity index (χ0) is 31.2. The number of rotatable bonds is 9. The third kappa shape index (κ3) is 9.47. The lowest BCUT2D eigenvalue weighted by Gasteiger charge is -2.38. The zero-order valence-electron chi connectivity index (χ0n) is 25.8. The Hall–Kier alpha value is -3.04. The fourth-order valence-corrected chi connectivity index (χ4v) is 6.22. The van der Waals surface area contributed by atoms with Crippen molar-refractivity contribution < 1.29 is 14.4 Å². The zero-order valence-corrected chi connectivity index (χ0v) is 27.3. The first kappa shape index (κ1) is 32.9. The molecule has 0 unspecified atom stereocenters. The molecule has 3 heterocycles. The fourth-order valence-electron chi connectivity index (χ4n) is 5.11. The number of carboxylic acids is 1. The lowest BCUT2D eigenvalue weighted by Crippen LogP contribution is -2.45. The first-order valence-electron chi connectivity index (χ1n) is 14.8.